The number of carbonyl (C=O) groups is 1. The largest absolute Gasteiger partial charge is 0.394 e. The Morgan fingerprint density at radius 1 is 1.22 bits per heavy atom. The van der Waals surface area contributed by atoms with Gasteiger partial charge in [0.05, 0.1) is 41.5 Å². The Balaban J connectivity index is 1.99. The molecule has 0 heterocycles. The van der Waals surface area contributed by atoms with E-state index in [4.69, 9.17) is 23.2 Å². The molecule has 1 aromatic carbocycles. The van der Waals surface area contributed by atoms with E-state index in [1.807, 2.05) is 30.3 Å². The van der Waals surface area contributed by atoms with Crippen LogP contribution >= 0.6 is 23.2 Å². The third-order valence-electron chi connectivity index (χ3n) is 4.14. The summed E-state index contributed by atoms with van der Waals surface area (Å²) in [6.07, 6.45) is -1.64. The molecule has 0 spiro atoms. The highest BCUT2D eigenvalue weighted by Crippen LogP contribution is 2.32. The lowest BCUT2D eigenvalue weighted by molar-refractivity contribution is -0.132. The number of amides is 1. The molecule has 7 heteroatoms. The minimum absolute atomic E-state index is 0.127. The number of benzene rings is 1. The first-order valence-electron chi connectivity index (χ1n) is 7.53. The highest BCUT2D eigenvalue weighted by atomic mass is 35.5. The molecule has 2 rings (SSSR count). The number of carbonyl (C=O) groups excluding carboxylic acids is 1. The van der Waals surface area contributed by atoms with Gasteiger partial charge in [-0.2, -0.15) is 0 Å². The van der Waals surface area contributed by atoms with E-state index in [-0.39, 0.29) is 13.0 Å². The van der Waals surface area contributed by atoms with E-state index in [1.165, 1.54) is 0 Å². The molecular weight excluding hydrogens is 341 g/mol. The maximum absolute atomic E-state index is 12.4. The zero-order chi connectivity index (χ0) is 17.0. The normalized spacial score (nSPS) is 32.3. The SMILES string of the molecule is O=C(N[C@H](CO)Cc1ccccc1)C1CC(Cl)C(O)C(Cl)C1O. The van der Waals surface area contributed by atoms with Gasteiger partial charge in [-0.25, -0.2) is 0 Å². The lowest BCUT2D eigenvalue weighted by Gasteiger charge is -2.37. The summed E-state index contributed by atoms with van der Waals surface area (Å²) in [4.78, 5) is 12.4. The second-order valence-electron chi connectivity index (χ2n) is 5.86. The fourth-order valence-corrected chi connectivity index (χ4v) is 3.55. The Hall–Kier alpha value is -0.850. The molecule has 1 aliphatic carbocycles. The number of aliphatic hydroxyl groups is 3. The second-order valence-corrected chi connectivity index (χ2v) is 6.93. The predicted octanol–water partition coefficient (Wildman–Crippen LogP) is 0.663. The predicted molar refractivity (Wildman–Crippen MR) is 88.6 cm³/mol. The Morgan fingerprint density at radius 3 is 2.48 bits per heavy atom. The van der Waals surface area contributed by atoms with Crippen LogP contribution in [0.4, 0.5) is 0 Å². The van der Waals surface area contributed by atoms with Crippen molar-refractivity contribution in [2.24, 2.45) is 5.92 Å². The Kier molecular flexibility index (Phi) is 6.68. The monoisotopic (exact) mass is 361 g/mol. The molecule has 5 unspecified atom stereocenters. The van der Waals surface area contributed by atoms with Gasteiger partial charge in [-0.3, -0.25) is 4.79 Å². The molecule has 0 aromatic heterocycles. The van der Waals surface area contributed by atoms with Crippen LogP contribution in [0, 0.1) is 5.92 Å². The molecule has 1 fully saturated rings. The van der Waals surface area contributed by atoms with Gasteiger partial charge < -0.3 is 20.6 Å². The van der Waals surface area contributed by atoms with Crippen molar-refractivity contribution < 1.29 is 20.1 Å². The third-order valence-corrected chi connectivity index (χ3v) is 5.10. The molecule has 4 N–H and O–H groups in total. The molecule has 0 saturated heterocycles. The topological polar surface area (TPSA) is 89.8 Å². The fourth-order valence-electron chi connectivity index (χ4n) is 2.78. The Morgan fingerprint density at radius 2 is 1.87 bits per heavy atom. The van der Waals surface area contributed by atoms with Gasteiger partial charge >= 0.3 is 0 Å². The van der Waals surface area contributed by atoms with Gasteiger partial charge in [0.25, 0.3) is 0 Å². The summed E-state index contributed by atoms with van der Waals surface area (Å²) < 4.78 is 0. The van der Waals surface area contributed by atoms with Gasteiger partial charge in [0.15, 0.2) is 0 Å². The van der Waals surface area contributed by atoms with Crippen LogP contribution < -0.4 is 5.32 Å². The van der Waals surface area contributed by atoms with Crippen LogP contribution in [0.5, 0.6) is 0 Å². The van der Waals surface area contributed by atoms with Crippen molar-refractivity contribution in [1.29, 1.82) is 0 Å². The minimum atomic E-state index is -1.18. The highest BCUT2D eigenvalue weighted by Gasteiger charge is 2.45. The van der Waals surface area contributed by atoms with Crippen LogP contribution in [0.15, 0.2) is 30.3 Å². The summed E-state index contributed by atoms with van der Waals surface area (Å²) in [5.41, 5.74) is 0.983. The molecule has 1 amide bonds. The molecule has 0 bridgehead atoms. The molecule has 5 nitrogen and oxygen atoms in total. The van der Waals surface area contributed by atoms with Crippen LogP contribution in [0.3, 0.4) is 0 Å². The summed E-state index contributed by atoms with van der Waals surface area (Å²) in [5, 5.41) is 30.3. The van der Waals surface area contributed by atoms with E-state index in [2.05, 4.69) is 5.32 Å². The van der Waals surface area contributed by atoms with Crippen LogP contribution in [0.25, 0.3) is 0 Å². The number of nitrogens with one attached hydrogen (secondary N) is 1. The van der Waals surface area contributed by atoms with Crippen molar-refractivity contribution in [1.82, 2.24) is 5.32 Å². The third kappa shape index (κ3) is 4.58. The van der Waals surface area contributed by atoms with Gasteiger partial charge in [0, 0.05) is 0 Å². The molecule has 23 heavy (non-hydrogen) atoms. The molecular formula is C16H21Cl2NO4. The van der Waals surface area contributed by atoms with Crippen LogP contribution in [0.1, 0.15) is 12.0 Å². The summed E-state index contributed by atoms with van der Waals surface area (Å²) in [5.74, 6) is -1.23. The number of hydrogen-bond acceptors (Lipinski definition) is 4. The Bertz CT molecular complexity index is 516. The Labute approximate surface area is 145 Å². The molecule has 128 valence electrons. The lowest BCUT2D eigenvalue weighted by Crippen LogP contribution is -2.55. The van der Waals surface area contributed by atoms with Gasteiger partial charge in [-0.05, 0) is 18.4 Å². The van der Waals surface area contributed by atoms with Gasteiger partial charge in [0.2, 0.25) is 5.91 Å². The maximum atomic E-state index is 12.4. The summed E-state index contributed by atoms with van der Waals surface area (Å²) in [6, 6.07) is 9.00. The highest BCUT2D eigenvalue weighted by molar-refractivity contribution is 6.25. The van der Waals surface area contributed by atoms with Crippen molar-refractivity contribution in [2.75, 3.05) is 6.61 Å². The van der Waals surface area contributed by atoms with Crippen molar-refractivity contribution in [3.8, 4) is 0 Å². The molecule has 1 aromatic rings. The van der Waals surface area contributed by atoms with Crippen LogP contribution in [-0.4, -0.2) is 56.8 Å². The van der Waals surface area contributed by atoms with Crippen molar-refractivity contribution in [2.45, 2.75) is 41.8 Å². The van der Waals surface area contributed by atoms with Gasteiger partial charge in [-0.15, -0.1) is 23.2 Å². The van der Waals surface area contributed by atoms with E-state index in [9.17, 15) is 20.1 Å². The number of hydrogen-bond donors (Lipinski definition) is 4. The number of aliphatic hydroxyl groups excluding tert-OH is 3. The van der Waals surface area contributed by atoms with E-state index in [0.717, 1.165) is 5.56 Å². The molecule has 1 aliphatic rings. The lowest BCUT2D eigenvalue weighted by atomic mass is 9.83. The van der Waals surface area contributed by atoms with Crippen molar-refractivity contribution in [3.63, 3.8) is 0 Å². The van der Waals surface area contributed by atoms with E-state index >= 15 is 0 Å². The zero-order valence-electron chi connectivity index (χ0n) is 12.5. The standard InChI is InChI=1S/C16H21Cl2NO4/c17-12-7-11(14(21)13(18)15(12)22)16(23)19-10(8-20)6-9-4-2-1-3-5-9/h1-5,10-15,20-22H,6-8H2,(H,19,23)/t10-,11?,12?,13?,14?,15?/m0/s1. The first kappa shape index (κ1) is 18.5. The zero-order valence-corrected chi connectivity index (χ0v) is 14.0. The van der Waals surface area contributed by atoms with Crippen molar-refractivity contribution in [3.05, 3.63) is 35.9 Å². The average Bonchev–Trinajstić information content (AvgIpc) is 2.56. The number of rotatable bonds is 5. The molecule has 1 saturated carbocycles. The van der Waals surface area contributed by atoms with E-state index < -0.39 is 40.8 Å². The minimum Gasteiger partial charge on any atom is -0.394 e. The van der Waals surface area contributed by atoms with E-state index in [1.54, 1.807) is 0 Å². The van der Waals surface area contributed by atoms with Crippen LogP contribution in [-0.2, 0) is 11.2 Å². The smallest absolute Gasteiger partial charge is 0.226 e. The number of halogens is 2. The number of alkyl halides is 2. The summed E-state index contributed by atoms with van der Waals surface area (Å²) in [6.45, 7) is -0.222. The van der Waals surface area contributed by atoms with Crippen molar-refractivity contribution >= 4 is 29.1 Å². The van der Waals surface area contributed by atoms with Crippen LogP contribution in [0.2, 0.25) is 0 Å². The average molecular weight is 362 g/mol. The quantitative estimate of drug-likeness (QED) is 0.580. The fraction of sp³-hybridized carbons (Fsp3) is 0.562. The first-order valence-corrected chi connectivity index (χ1v) is 8.40. The summed E-state index contributed by atoms with van der Waals surface area (Å²) in [7, 11) is 0. The maximum Gasteiger partial charge on any atom is 0.226 e. The summed E-state index contributed by atoms with van der Waals surface area (Å²) >= 11 is 11.9. The first-order chi connectivity index (χ1) is 10.9. The molecule has 0 radical (unpaired) electrons. The van der Waals surface area contributed by atoms with E-state index in [0.29, 0.717) is 6.42 Å². The molecule has 6 atom stereocenters. The second kappa shape index (κ2) is 8.31. The van der Waals surface area contributed by atoms with Gasteiger partial charge in [0.1, 0.15) is 0 Å². The van der Waals surface area contributed by atoms with Gasteiger partial charge in [-0.1, -0.05) is 30.3 Å². The molecule has 0 aliphatic heterocycles.